The van der Waals surface area contributed by atoms with Gasteiger partial charge in [0.15, 0.2) is 5.71 Å². The Bertz CT molecular complexity index is 510. The van der Waals surface area contributed by atoms with Crippen molar-refractivity contribution < 1.29 is 14.7 Å². The molecule has 1 heterocycles. The van der Waals surface area contributed by atoms with Crippen LogP contribution in [0.3, 0.4) is 0 Å². The quantitative estimate of drug-likeness (QED) is 0.596. The lowest BCUT2D eigenvalue weighted by molar-refractivity contribution is -0.111. The Balaban J connectivity index is 3.20. The normalized spacial score (nSPS) is 11.2. The number of thiazole rings is 1. The third kappa shape index (κ3) is 3.18. The molecule has 90 valence electrons. The van der Waals surface area contributed by atoms with E-state index < -0.39 is 11.9 Å². The van der Waals surface area contributed by atoms with Crippen molar-refractivity contribution in [2.45, 2.75) is 6.92 Å². The fourth-order valence-electron chi connectivity index (χ4n) is 1.08. The highest BCUT2D eigenvalue weighted by Crippen LogP contribution is 2.18. The van der Waals surface area contributed by atoms with Crippen LogP contribution in [0.1, 0.15) is 20.4 Å². The maximum absolute atomic E-state index is 11.2. The second kappa shape index (κ2) is 5.65. The van der Waals surface area contributed by atoms with Crippen molar-refractivity contribution in [3.05, 3.63) is 15.6 Å². The fourth-order valence-corrected chi connectivity index (χ4v) is 2.09. The van der Waals surface area contributed by atoms with Gasteiger partial charge < -0.3 is 10.8 Å². The minimum Gasteiger partial charge on any atom is -0.477 e. The van der Waals surface area contributed by atoms with Crippen molar-refractivity contribution in [1.82, 2.24) is 4.98 Å². The maximum Gasteiger partial charge on any atom is 0.347 e. The molecule has 8 heteroatoms. The largest absolute Gasteiger partial charge is 0.477 e. The summed E-state index contributed by atoms with van der Waals surface area (Å²) < 4.78 is 0. The molecule has 0 radical (unpaired) electrons. The van der Waals surface area contributed by atoms with Gasteiger partial charge in [0, 0.05) is 0 Å². The van der Waals surface area contributed by atoms with Crippen LogP contribution in [0, 0.1) is 6.92 Å². The predicted molar refractivity (Wildman–Crippen MR) is 68.8 cm³/mol. The van der Waals surface area contributed by atoms with Gasteiger partial charge >= 0.3 is 5.97 Å². The SMILES string of the molecule is Cc1nc(C(=NCC=P)C(N)=O)sc1C(=O)O. The lowest BCUT2D eigenvalue weighted by atomic mass is 10.3. The van der Waals surface area contributed by atoms with Crippen molar-refractivity contribution in [3.8, 4) is 0 Å². The molecule has 0 atom stereocenters. The van der Waals surface area contributed by atoms with Crippen LogP contribution in [0.4, 0.5) is 0 Å². The zero-order chi connectivity index (χ0) is 13.0. The van der Waals surface area contributed by atoms with Crippen molar-refractivity contribution >= 4 is 43.6 Å². The van der Waals surface area contributed by atoms with Crippen LogP contribution in [0.2, 0.25) is 0 Å². The number of nitrogens with zero attached hydrogens (tertiary/aromatic N) is 2. The molecule has 0 aliphatic heterocycles. The summed E-state index contributed by atoms with van der Waals surface area (Å²) >= 11 is 0.882. The fraction of sp³-hybridized carbons (Fsp3) is 0.222. The third-order valence-electron chi connectivity index (χ3n) is 1.77. The number of aromatic carboxylic acids is 1. The molecule has 0 aliphatic carbocycles. The van der Waals surface area contributed by atoms with E-state index in [1.165, 1.54) is 0 Å². The minimum absolute atomic E-state index is 0.0138. The second-order valence-corrected chi connectivity index (χ2v) is 4.40. The number of aliphatic imine (C=N–C) groups is 1. The highest BCUT2D eigenvalue weighted by Gasteiger charge is 2.20. The predicted octanol–water partition coefficient (Wildman–Crippen LogP) is 0.369. The van der Waals surface area contributed by atoms with Crippen LogP contribution in [0.25, 0.3) is 0 Å². The van der Waals surface area contributed by atoms with E-state index in [-0.39, 0.29) is 22.1 Å². The van der Waals surface area contributed by atoms with Gasteiger partial charge in [0.2, 0.25) is 0 Å². The Labute approximate surface area is 103 Å². The van der Waals surface area contributed by atoms with Gasteiger partial charge in [-0.05, 0) is 12.7 Å². The number of hydrogen-bond donors (Lipinski definition) is 2. The minimum atomic E-state index is -1.08. The van der Waals surface area contributed by atoms with Gasteiger partial charge in [-0.25, -0.2) is 9.78 Å². The Morgan fingerprint density at radius 2 is 2.29 bits per heavy atom. The average Bonchev–Trinajstić information content (AvgIpc) is 2.60. The number of carboxylic acid groups (broad SMARTS) is 1. The number of carboxylic acids is 1. The molecule has 3 N–H and O–H groups in total. The van der Waals surface area contributed by atoms with E-state index in [9.17, 15) is 9.59 Å². The van der Waals surface area contributed by atoms with E-state index in [1.807, 2.05) is 0 Å². The molecule has 1 amide bonds. The third-order valence-corrected chi connectivity index (χ3v) is 3.10. The first kappa shape index (κ1) is 13.5. The van der Waals surface area contributed by atoms with Crippen molar-refractivity contribution in [2.24, 2.45) is 10.7 Å². The standard InChI is InChI=1S/C9H10N3O3PS/c1-4-6(9(14)15)17-8(12-4)5(7(10)13)11-2-3-16/h3,16H,2H2,1H3,(H2,10,13)(H,14,15). The molecule has 6 nitrogen and oxygen atoms in total. The van der Waals surface area contributed by atoms with Gasteiger partial charge in [0.1, 0.15) is 9.88 Å². The maximum atomic E-state index is 11.2. The smallest absolute Gasteiger partial charge is 0.347 e. The summed E-state index contributed by atoms with van der Waals surface area (Å²) in [5.74, 6) is -0.257. The molecule has 1 rings (SSSR count). The van der Waals surface area contributed by atoms with Gasteiger partial charge in [0.05, 0.1) is 12.2 Å². The number of aromatic nitrogens is 1. The zero-order valence-corrected chi connectivity index (χ0v) is 10.7. The summed E-state index contributed by atoms with van der Waals surface area (Å²) in [5.41, 5.74) is 5.49. The van der Waals surface area contributed by atoms with E-state index >= 15 is 0 Å². The van der Waals surface area contributed by atoms with E-state index in [0.29, 0.717) is 5.69 Å². The summed E-state index contributed by atoms with van der Waals surface area (Å²) in [6.45, 7) is 1.80. The Kier molecular flexibility index (Phi) is 4.48. The Morgan fingerprint density at radius 1 is 1.65 bits per heavy atom. The van der Waals surface area contributed by atoms with Crippen LogP contribution < -0.4 is 5.73 Å². The molecule has 1 aromatic rings. The lowest BCUT2D eigenvalue weighted by Gasteiger charge is -1.95. The van der Waals surface area contributed by atoms with Crippen LogP contribution in [0.15, 0.2) is 4.99 Å². The zero-order valence-electron chi connectivity index (χ0n) is 8.93. The van der Waals surface area contributed by atoms with Crippen molar-refractivity contribution in [2.75, 3.05) is 6.54 Å². The molecule has 0 fully saturated rings. The lowest BCUT2D eigenvalue weighted by Crippen LogP contribution is -2.24. The summed E-state index contributed by atoms with van der Waals surface area (Å²) in [7, 11) is 3.09. The molecular formula is C9H10N3O3PS. The highest BCUT2D eigenvalue weighted by atomic mass is 32.1. The Morgan fingerprint density at radius 3 is 2.71 bits per heavy atom. The van der Waals surface area contributed by atoms with Crippen molar-refractivity contribution in [1.29, 1.82) is 0 Å². The molecule has 0 bridgehead atoms. The molecule has 0 saturated heterocycles. The van der Waals surface area contributed by atoms with E-state index in [0.717, 1.165) is 11.3 Å². The number of primary amides is 1. The number of rotatable bonds is 5. The van der Waals surface area contributed by atoms with Crippen molar-refractivity contribution in [3.63, 3.8) is 0 Å². The average molecular weight is 271 g/mol. The van der Waals surface area contributed by atoms with Crippen LogP contribution >= 0.6 is 20.2 Å². The monoisotopic (exact) mass is 271 g/mol. The summed E-state index contributed by atoms with van der Waals surface area (Å²) in [4.78, 5) is 30.0. The summed E-state index contributed by atoms with van der Waals surface area (Å²) in [5, 5.41) is 9.10. The van der Waals surface area contributed by atoms with Crippen LogP contribution in [-0.2, 0) is 4.79 Å². The number of amides is 1. The molecule has 0 spiro atoms. The summed E-state index contributed by atoms with van der Waals surface area (Å²) in [6.07, 6.45) is 0. The number of hydrogen-bond acceptors (Lipinski definition) is 5. The molecule has 1 aromatic heterocycles. The van der Waals surface area contributed by atoms with E-state index in [4.69, 9.17) is 10.8 Å². The summed E-state index contributed by atoms with van der Waals surface area (Å²) in [6, 6.07) is 0. The van der Waals surface area contributed by atoms with E-state index in [1.54, 1.807) is 12.7 Å². The molecule has 0 aromatic carbocycles. The van der Waals surface area contributed by atoms with Gasteiger partial charge in [-0.15, -0.1) is 20.2 Å². The van der Waals surface area contributed by atoms with Gasteiger partial charge in [-0.1, -0.05) is 0 Å². The van der Waals surface area contributed by atoms with E-state index in [2.05, 4.69) is 18.8 Å². The molecule has 17 heavy (non-hydrogen) atoms. The van der Waals surface area contributed by atoms with Crippen LogP contribution in [-0.4, -0.2) is 40.0 Å². The molecule has 0 aliphatic rings. The molecular weight excluding hydrogens is 261 g/mol. The van der Waals surface area contributed by atoms with Gasteiger partial charge in [0.25, 0.3) is 5.91 Å². The number of aryl methyl sites for hydroxylation is 1. The molecule has 0 unspecified atom stereocenters. The molecule has 0 saturated carbocycles. The first-order chi connectivity index (χ1) is 7.97. The topological polar surface area (TPSA) is 106 Å². The van der Waals surface area contributed by atoms with Crippen LogP contribution in [0.5, 0.6) is 0 Å². The Hall–Kier alpha value is -1.59. The number of carbonyl (C=O) groups is 2. The second-order valence-electron chi connectivity index (χ2n) is 3.00. The van der Waals surface area contributed by atoms with Gasteiger partial charge in [-0.3, -0.25) is 9.79 Å². The number of nitrogens with two attached hydrogens (primary N) is 1. The number of carbonyl (C=O) groups excluding carboxylic acids is 1. The highest BCUT2D eigenvalue weighted by molar-refractivity contribution is 7.18. The first-order valence-electron chi connectivity index (χ1n) is 4.51. The van der Waals surface area contributed by atoms with Gasteiger partial charge in [-0.2, -0.15) is 0 Å². The first-order valence-corrected chi connectivity index (χ1v) is 5.91.